The molecular weight excluding hydrogens is 390 g/mol. The third-order valence-corrected chi connectivity index (χ3v) is 7.02. The number of rotatable bonds is 5. The van der Waals surface area contributed by atoms with Crippen LogP contribution in [0.5, 0.6) is 0 Å². The smallest absolute Gasteiger partial charge is 0.349 e. The summed E-state index contributed by atoms with van der Waals surface area (Å²) in [5.41, 5.74) is 0.672. The Kier molecular flexibility index (Phi) is 5.24. The summed E-state index contributed by atoms with van der Waals surface area (Å²) in [4.78, 5) is 27.3. The minimum Gasteiger partial charge on any atom is -0.422 e. The van der Waals surface area contributed by atoms with Gasteiger partial charge in [0.15, 0.2) is 9.84 Å². The molecule has 1 amide bonds. The molecule has 1 atom stereocenters. The van der Waals surface area contributed by atoms with Crippen molar-refractivity contribution in [1.29, 1.82) is 0 Å². The average molecular weight is 411 g/mol. The van der Waals surface area contributed by atoms with E-state index in [1.807, 2.05) is 30.3 Å². The fourth-order valence-corrected chi connectivity index (χ4v) is 5.46. The minimum absolute atomic E-state index is 0.0547. The lowest BCUT2D eigenvalue weighted by Gasteiger charge is -2.28. The number of hydrogen-bond donors (Lipinski definition) is 0. The van der Waals surface area contributed by atoms with Crippen molar-refractivity contribution in [3.8, 4) is 0 Å². The van der Waals surface area contributed by atoms with Crippen molar-refractivity contribution < 1.29 is 17.6 Å². The number of carbonyl (C=O) groups is 1. The first-order valence-electron chi connectivity index (χ1n) is 9.51. The number of sulfone groups is 1. The summed E-state index contributed by atoms with van der Waals surface area (Å²) in [5, 5.41) is 0.650. The molecule has 2 heterocycles. The van der Waals surface area contributed by atoms with E-state index in [4.69, 9.17) is 4.42 Å². The van der Waals surface area contributed by atoms with Gasteiger partial charge in [-0.3, -0.25) is 4.79 Å². The molecule has 1 fully saturated rings. The summed E-state index contributed by atoms with van der Waals surface area (Å²) in [7, 11) is -3.18. The van der Waals surface area contributed by atoms with E-state index >= 15 is 0 Å². The van der Waals surface area contributed by atoms with E-state index in [0.717, 1.165) is 5.56 Å². The molecule has 29 heavy (non-hydrogen) atoms. The van der Waals surface area contributed by atoms with Gasteiger partial charge in [-0.15, -0.1) is 0 Å². The highest BCUT2D eigenvalue weighted by molar-refractivity contribution is 7.91. The van der Waals surface area contributed by atoms with Gasteiger partial charge in [-0.25, -0.2) is 13.2 Å². The van der Waals surface area contributed by atoms with E-state index in [2.05, 4.69) is 0 Å². The second-order valence-corrected chi connectivity index (χ2v) is 9.51. The van der Waals surface area contributed by atoms with Crippen molar-refractivity contribution in [2.24, 2.45) is 0 Å². The molecule has 2 aromatic carbocycles. The molecule has 1 saturated heterocycles. The van der Waals surface area contributed by atoms with Gasteiger partial charge in [-0.1, -0.05) is 48.5 Å². The average Bonchev–Trinajstić information content (AvgIpc) is 3.07. The minimum atomic E-state index is -3.18. The molecule has 0 saturated carbocycles. The van der Waals surface area contributed by atoms with Gasteiger partial charge >= 0.3 is 5.63 Å². The van der Waals surface area contributed by atoms with Crippen LogP contribution >= 0.6 is 0 Å². The summed E-state index contributed by atoms with van der Waals surface area (Å²) in [6.45, 7) is 0.329. The van der Waals surface area contributed by atoms with Gasteiger partial charge in [0.1, 0.15) is 11.1 Å². The summed E-state index contributed by atoms with van der Waals surface area (Å²) < 4.78 is 29.3. The Bertz CT molecular complexity index is 1200. The second kappa shape index (κ2) is 7.83. The molecule has 150 valence electrons. The molecule has 0 bridgehead atoms. The topological polar surface area (TPSA) is 84.7 Å². The van der Waals surface area contributed by atoms with Gasteiger partial charge in [0, 0.05) is 18.0 Å². The molecule has 0 N–H and O–H groups in total. The molecule has 0 unspecified atom stereocenters. The summed E-state index contributed by atoms with van der Waals surface area (Å²) in [5.74, 6) is -0.506. The van der Waals surface area contributed by atoms with Crippen molar-refractivity contribution in [1.82, 2.24) is 4.90 Å². The van der Waals surface area contributed by atoms with Crippen molar-refractivity contribution in [3.63, 3.8) is 0 Å². The maximum atomic E-state index is 13.3. The van der Waals surface area contributed by atoms with E-state index in [9.17, 15) is 18.0 Å². The summed E-state index contributed by atoms with van der Waals surface area (Å²) in [6, 6.07) is 17.7. The first kappa shape index (κ1) is 19.4. The van der Waals surface area contributed by atoms with E-state index < -0.39 is 27.4 Å². The highest BCUT2D eigenvalue weighted by atomic mass is 32.2. The van der Waals surface area contributed by atoms with Crippen LogP contribution < -0.4 is 5.63 Å². The van der Waals surface area contributed by atoms with Crippen LogP contribution in [-0.2, 0) is 16.3 Å². The zero-order valence-electron chi connectivity index (χ0n) is 15.8. The van der Waals surface area contributed by atoms with Crippen LogP contribution in [0.3, 0.4) is 0 Å². The molecule has 0 spiro atoms. The molecule has 0 aliphatic carbocycles. The molecule has 6 nitrogen and oxygen atoms in total. The summed E-state index contributed by atoms with van der Waals surface area (Å²) in [6.07, 6.45) is 0.948. The van der Waals surface area contributed by atoms with Crippen molar-refractivity contribution in [3.05, 3.63) is 82.2 Å². The molecule has 1 aliphatic rings. The van der Waals surface area contributed by atoms with E-state index in [-0.39, 0.29) is 17.1 Å². The number of benzene rings is 2. The third kappa shape index (κ3) is 4.24. The Morgan fingerprint density at radius 3 is 2.52 bits per heavy atom. The van der Waals surface area contributed by atoms with Gasteiger partial charge in [0.05, 0.1) is 11.5 Å². The number of para-hydroxylation sites is 1. The SMILES string of the molecule is O=C(c1cc2ccccc2oc1=O)N(CCc1ccccc1)[C@H]1CCS(=O)(=O)C1. The zero-order chi connectivity index (χ0) is 20.4. The van der Waals surface area contributed by atoms with E-state index in [1.54, 1.807) is 24.3 Å². The molecule has 4 rings (SSSR count). The maximum Gasteiger partial charge on any atom is 0.349 e. The lowest BCUT2D eigenvalue weighted by Crippen LogP contribution is -2.43. The summed E-state index contributed by atoms with van der Waals surface area (Å²) >= 11 is 0. The Morgan fingerprint density at radius 1 is 1.07 bits per heavy atom. The van der Waals surface area contributed by atoms with Gasteiger partial charge in [-0.05, 0) is 30.5 Å². The highest BCUT2D eigenvalue weighted by Crippen LogP contribution is 2.21. The fraction of sp³-hybridized carbons (Fsp3) is 0.273. The van der Waals surface area contributed by atoms with Gasteiger partial charge < -0.3 is 9.32 Å². The lowest BCUT2D eigenvalue weighted by atomic mass is 10.1. The molecule has 7 heteroatoms. The van der Waals surface area contributed by atoms with Gasteiger partial charge in [0.2, 0.25) is 0 Å². The molecule has 1 aromatic heterocycles. The van der Waals surface area contributed by atoms with Crippen LogP contribution in [0.2, 0.25) is 0 Å². The van der Waals surface area contributed by atoms with Crippen LogP contribution in [0.15, 0.2) is 69.9 Å². The quantitative estimate of drug-likeness (QED) is 0.603. The number of hydrogen-bond acceptors (Lipinski definition) is 5. The Balaban J connectivity index is 1.67. The first-order chi connectivity index (χ1) is 13.9. The van der Waals surface area contributed by atoms with Crippen LogP contribution in [0, 0.1) is 0 Å². The predicted molar refractivity (Wildman–Crippen MR) is 111 cm³/mol. The Hall–Kier alpha value is -2.93. The molecule has 3 aromatic rings. The van der Waals surface area contributed by atoms with Gasteiger partial charge in [-0.2, -0.15) is 0 Å². The lowest BCUT2D eigenvalue weighted by molar-refractivity contribution is 0.0695. The van der Waals surface area contributed by atoms with Crippen LogP contribution in [0.25, 0.3) is 11.0 Å². The predicted octanol–water partition coefficient (Wildman–Crippen LogP) is 2.67. The molecule has 1 aliphatic heterocycles. The highest BCUT2D eigenvalue weighted by Gasteiger charge is 2.35. The molecule has 0 radical (unpaired) electrons. The fourth-order valence-electron chi connectivity index (χ4n) is 3.73. The van der Waals surface area contributed by atoms with Crippen molar-refractivity contribution in [2.45, 2.75) is 18.9 Å². The largest absolute Gasteiger partial charge is 0.422 e. The van der Waals surface area contributed by atoms with Crippen LogP contribution in [0.4, 0.5) is 0 Å². The Morgan fingerprint density at radius 2 is 1.79 bits per heavy atom. The second-order valence-electron chi connectivity index (χ2n) is 7.28. The zero-order valence-corrected chi connectivity index (χ0v) is 16.6. The normalized spacial score (nSPS) is 18.0. The van der Waals surface area contributed by atoms with E-state index in [0.29, 0.717) is 30.4 Å². The first-order valence-corrected chi connectivity index (χ1v) is 11.3. The number of carbonyl (C=O) groups excluding carboxylic acids is 1. The van der Waals surface area contributed by atoms with Crippen molar-refractivity contribution >= 4 is 26.7 Å². The van der Waals surface area contributed by atoms with Crippen LogP contribution in [-0.4, -0.2) is 43.3 Å². The van der Waals surface area contributed by atoms with Crippen LogP contribution in [0.1, 0.15) is 22.3 Å². The standard InChI is InChI=1S/C22H21NO5S/c24-21(19-14-17-8-4-5-9-20(17)28-22(19)25)23(18-11-13-29(26,27)15-18)12-10-16-6-2-1-3-7-16/h1-9,14,18H,10-13,15H2/t18-/m0/s1. The van der Waals surface area contributed by atoms with Gasteiger partial charge in [0.25, 0.3) is 5.91 Å². The van der Waals surface area contributed by atoms with E-state index in [1.165, 1.54) is 11.0 Å². The number of amides is 1. The third-order valence-electron chi connectivity index (χ3n) is 5.27. The Labute approximate surface area is 168 Å². The maximum absolute atomic E-state index is 13.3. The number of nitrogens with zero attached hydrogens (tertiary/aromatic N) is 1. The number of fused-ring (bicyclic) bond motifs is 1. The molecular formula is C22H21NO5S. The van der Waals surface area contributed by atoms with Crippen molar-refractivity contribution in [2.75, 3.05) is 18.1 Å². The monoisotopic (exact) mass is 411 g/mol.